The highest BCUT2D eigenvalue weighted by Crippen LogP contribution is 2.16. The molecule has 13 heavy (non-hydrogen) atoms. The van der Waals surface area contributed by atoms with Crippen LogP contribution in [0.1, 0.15) is 19.9 Å². The first-order valence-corrected chi connectivity index (χ1v) is 4.84. The molecule has 2 rings (SSSR count). The van der Waals surface area contributed by atoms with Crippen LogP contribution in [-0.2, 0) is 0 Å². The van der Waals surface area contributed by atoms with Crippen molar-refractivity contribution in [3.63, 3.8) is 0 Å². The van der Waals surface area contributed by atoms with Gasteiger partial charge in [0.05, 0.1) is 10.9 Å². The summed E-state index contributed by atoms with van der Waals surface area (Å²) in [7, 11) is 0. The van der Waals surface area contributed by atoms with Crippen LogP contribution in [0.15, 0.2) is 17.1 Å². The second kappa shape index (κ2) is 2.92. The zero-order valence-corrected chi connectivity index (χ0v) is 8.21. The highest BCUT2D eigenvalue weighted by Gasteiger charge is 2.10. The van der Waals surface area contributed by atoms with Gasteiger partial charge in [-0.1, -0.05) is 11.3 Å². The van der Waals surface area contributed by atoms with E-state index in [1.165, 1.54) is 11.3 Å². The molecule has 5 heteroatoms. The van der Waals surface area contributed by atoms with Gasteiger partial charge in [-0.3, -0.25) is 9.36 Å². The van der Waals surface area contributed by atoms with Gasteiger partial charge in [-0.05, 0) is 19.9 Å². The van der Waals surface area contributed by atoms with Gasteiger partial charge >= 0.3 is 4.87 Å². The Hall–Kier alpha value is -1.23. The molecule has 0 spiro atoms. The van der Waals surface area contributed by atoms with Crippen LogP contribution in [-0.4, -0.2) is 14.8 Å². The monoisotopic (exact) mass is 195 g/mol. The Morgan fingerprint density at radius 3 is 3.00 bits per heavy atom. The lowest BCUT2D eigenvalue weighted by Crippen LogP contribution is -2.15. The van der Waals surface area contributed by atoms with Crippen molar-refractivity contribution < 1.29 is 0 Å². The van der Waals surface area contributed by atoms with E-state index in [0.29, 0.717) is 5.65 Å². The first-order valence-electron chi connectivity index (χ1n) is 4.03. The van der Waals surface area contributed by atoms with Crippen molar-refractivity contribution in [1.82, 2.24) is 14.8 Å². The molecule has 0 aromatic carbocycles. The van der Waals surface area contributed by atoms with Crippen molar-refractivity contribution in [2.24, 2.45) is 0 Å². The number of nitrogens with zero attached hydrogens (tertiary/aromatic N) is 3. The van der Waals surface area contributed by atoms with Crippen molar-refractivity contribution in [3.05, 3.63) is 21.9 Å². The Bertz CT molecular complexity index is 485. The lowest BCUT2D eigenvalue weighted by atomic mass is 10.4. The number of fused-ring (bicyclic) bond motifs is 1. The zero-order valence-electron chi connectivity index (χ0n) is 7.39. The summed E-state index contributed by atoms with van der Waals surface area (Å²) in [6, 6.07) is 1.95. The minimum Gasteiger partial charge on any atom is -0.279 e. The average Bonchev–Trinajstić information content (AvgIpc) is 2.39. The third-order valence-electron chi connectivity index (χ3n) is 1.80. The summed E-state index contributed by atoms with van der Waals surface area (Å²) in [6.07, 6.45) is 1.60. The summed E-state index contributed by atoms with van der Waals surface area (Å²) in [5, 5.41) is 7.71. The van der Waals surface area contributed by atoms with E-state index in [1.807, 2.05) is 19.9 Å². The molecule has 0 saturated carbocycles. The third-order valence-corrected chi connectivity index (χ3v) is 2.71. The number of hydrogen-bond acceptors (Lipinski definition) is 4. The SMILES string of the molecule is CC(C)n1c(=O)sc2ccnnc21. The summed E-state index contributed by atoms with van der Waals surface area (Å²) >= 11 is 1.21. The molecule has 2 aromatic rings. The Kier molecular flexibility index (Phi) is 1.88. The number of hydrogen-bond donors (Lipinski definition) is 0. The molecule has 0 aliphatic heterocycles. The van der Waals surface area contributed by atoms with Gasteiger partial charge in [0.15, 0.2) is 5.65 Å². The number of rotatable bonds is 1. The van der Waals surface area contributed by atoms with Crippen LogP contribution in [0.25, 0.3) is 10.3 Å². The minimum atomic E-state index is 0.0329. The van der Waals surface area contributed by atoms with E-state index in [0.717, 1.165) is 4.70 Å². The molecule has 0 unspecified atom stereocenters. The van der Waals surface area contributed by atoms with Crippen molar-refractivity contribution in [2.45, 2.75) is 19.9 Å². The maximum absolute atomic E-state index is 11.5. The second-order valence-electron chi connectivity index (χ2n) is 3.05. The van der Waals surface area contributed by atoms with E-state index in [1.54, 1.807) is 10.8 Å². The maximum atomic E-state index is 11.5. The zero-order chi connectivity index (χ0) is 9.42. The highest BCUT2D eigenvalue weighted by atomic mass is 32.1. The first-order chi connectivity index (χ1) is 6.20. The first kappa shape index (κ1) is 8.37. The highest BCUT2D eigenvalue weighted by molar-refractivity contribution is 7.16. The minimum absolute atomic E-state index is 0.0329. The predicted molar refractivity (Wildman–Crippen MR) is 52.1 cm³/mol. The van der Waals surface area contributed by atoms with E-state index >= 15 is 0 Å². The van der Waals surface area contributed by atoms with Gasteiger partial charge in [0.2, 0.25) is 0 Å². The van der Waals surface area contributed by atoms with Crippen LogP contribution in [0.2, 0.25) is 0 Å². The van der Waals surface area contributed by atoms with Gasteiger partial charge in [-0.15, -0.1) is 5.10 Å². The molecule has 0 atom stereocenters. The number of aromatic nitrogens is 3. The molecule has 2 aromatic heterocycles. The Balaban J connectivity index is 2.87. The van der Waals surface area contributed by atoms with E-state index in [2.05, 4.69) is 10.2 Å². The topological polar surface area (TPSA) is 47.8 Å². The maximum Gasteiger partial charge on any atom is 0.309 e. The molecule has 0 saturated heterocycles. The van der Waals surface area contributed by atoms with E-state index in [-0.39, 0.29) is 10.9 Å². The predicted octanol–water partition coefficient (Wildman–Crippen LogP) is 1.43. The normalized spacial score (nSPS) is 11.3. The van der Waals surface area contributed by atoms with Gasteiger partial charge in [0.1, 0.15) is 0 Å². The van der Waals surface area contributed by atoms with Crippen LogP contribution >= 0.6 is 11.3 Å². The largest absolute Gasteiger partial charge is 0.309 e. The molecule has 2 heterocycles. The van der Waals surface area contributed by atoms with Crippen LogP contribution < -0.4 is 4.87 Å². The van der Waals surface area contributed by atoms with Crippen molar-refractivity contribution in [1.29, 1.82) is 0 Å². The quantitative estimate of drug-likeness (QED) is 0.691. The smallest absolute Gasteiger partial charge is 0.279 e. The van der Waals surface area contributed by atoms with Crippen molar-refractivity contribution in [2.75, 3.05) is 0 Å². The standard InChI is InChI=1S/C8H9N3OS/c1-5(2)11-7-6(13-8(11)12)3-4-9-10-7/h3-5H,1-2H3. The summed E-state index contributed by atoms with van der Waals surface area (Å²) in [5.74, 6) is 0. The van der Waals surface area contributed by atoms with Crippen LogP contribution in [0.5, 0.6) is 0 Å². The fourth-order valence-electron chi connectivity index (χ4n) is 1.24. The van der Waals surface area contributed by atoms with Gasteiger partial charge in [0, 0.05) is 6.04 Å². The Labute approximate surface area is 78.8 Å². The molecule has 0 radical (unpaired) electrons. The fraction of sp³-hybridized carbons (Fsp3) is 0.375. The summed E-state index contributed by atoms with van der Waals surface area (Å²) < 4.78 is 2.56. The Morgan fingerprint density at radius 2 is 2.31 bits per heavy atom. The molecule has 0 bridgehead atoms. The molecular formula is C8H9N3OS. The van der Waals surface area contributed by atoms with Crippen LogP contribution in [0.4, 0.5) is 0 Å². The third kappa shape index (κ3) is 1.25. The molecule has 0 amide bonds. The molecule has 4 nitrogen and oxygen atoms in total. The van der Waals surface area contributed by atoms with Gasteiger partial charge in [-0.2, -0.15) is 5.10 Å². The summed E-state index contributed by atoms with van der Waals surface area (Å²) in [6.45, 7) is 3.92. The molecule has 68 valence electrons. The van der Waals surface area contributed by atoms with Gasteiger partial charge < -0.3 is 0 Å². The van der Waals surface area contributed by atoms with E-state index < -0.39 is 0 Å². The van der Waals surface area contributed by atoms with Crippen molar-refractivity contribution in [3.8, 4) is 0 Å². The average molecular weight is 195 g/mol. The summed E-state index contributed by atoms with van der Waals surface area (Å²) in [4.78, 5) is 11.5. The van der Waals surface area contributed by atoms with Crippen LogP contribution in [0, 0.1) is 0 Å². The molecule has 0 aliphatic carbocycles. The molecular weight excluding hydrogens is 186 g/mol. The number of thiazole rings is 1. The lowest BCUT2D eigenvalue weighted by molar-refractivity contribution is 0.603. The van der Waals surface area contributed by atoms with Crippen LogP contribution in [0.3, 0.4) is 0 Å². The van der Waals surface area contributed by atoms with E-state index in [9.17, 15) is 4.79 Å². The van der Waals surface area contributed by atoms with Gasteiger partial charge in [0.25, 0.3) is 0 Å². The molecule has 0 fully saturated rings. The van der Waals surface area contributed by atoms with E-state index in [4.69, 9.17) is 0 Å². The van der Waals surface area contributed by atoms with Crippen molar-refractivity contribution >= 4 is 21.7 Å². The molecule has 0 N–H and O–H groups in total. The molecule has 0 aliphatic rings. The van der Waals surface area contributed by atoms with Gasteiger partial charge in [-0.25, -0.2) is 0 Å². The lowest BCUT2D eigenvalue weighted by Gasteiger charge is -2.04. The fourth-order valence-corrected chi connectivity index (χ4v) is 2.19. The second-order valence-corrected chi connectivity index (χ2v) is 4.04. The summed E-state index contributed by atoms with van der Waals surface area (Å²) in [5.41, 5.74) is 0.688. The Morgan fingerprint density at radius 1 is 1.54 bits per heavy atom.